The van der Waals surface area contributed by atoms with Gasteiger partial charge in [0.1, 0.15) is 24.1 Å². The number of hydrogen-bond acceptors (Lipinski definition) is 10. The van der Waals surface area contributed by atoms with Gasteiger partial charge in [-0.25, -0.2) is 13.9 Å². The number of amides is 1. The smallest absolute Gasteiger partial charge is 0.414 e. The van der Waals surface area contributed by atoms with Crippen molar-refractivity contribution >= 4 is 29.4 Å². The fraction of sp³-hybridized carbons (Fsp3) is 0.381. The number of hydrogen-bond donors (Lipinski definition) is 1. The van der Waals surface area contributed by atoms with Crippen molar-refractivity contribution in [1.29, 1.82) is 10.5 Å². The first-order valence-corrected chi connectivity index (χ1v) is 10.5. The van der Waals surface area contributed by atoms with Crippen LogP contribution in [0.1, 0.15) is 18.5 Å². The van der Waals surface area contributed by atoms with E-state index in [9.17, 15) is 9.18 Å². The van der Waals surface area contributed by atoms with Gasteiger partial charge in [-0.3, -0.25) is 9.89 Å². The molecule has 0 radical (unpaired) electrons. The first-order valence-electron chi connectivity index (χ1n) is 10.5. The maximum Gasteiger partial charge on any atom is 0.414 e. The molecule has 174 valence electrons. The highest BCUT2D eigenvalue weighted by atomic mass is 19.1. The molecule has 0 spiro atoms. The monoisotopic (exact) mass is 464 g/mol. The van der Waals surface area contributed by atoms with Gasteiger partial charge in [-0.1, -0.05) is 5.21 Å². The molecular formula is C21H21FN10O2. The van der Waals surface area contributed by atoms with Gasteiger partial charge >= 0.3 is 6.09 Å². The van der Waals surface area contributed by atoms with E-state index in [4.69, 9.17) is 21.1 Å². The van der Waals surface area contributed by atoms with Gasteiger partial charge in [-0.05, 0) is 31.0 Å². The van der Waals surface area contributed by atoms with Gasteiger partial charge in [0.25, 0.3) is 0 Å². The van der Waals surface area contributed by atoms with Crippen LogP contribution in [0.15, 0.2) is 34.5 Å². The molecule has 2 saturated heterocycles. The van der Waals surface area contributed by atoms with E-state index in [2.05, 4.69) is 20.4 Å². The van der Waals surface area contributed by atoms with Gasteiger partial charge in [0, 0.05) is 13.1 Å². The van der Waals surface area contributed by atoms with E-state index in [0.29, 0.717) is 37.3 Å². The van der Waals surface area contributed by atoms with Crippen LogP contribution in [0.25, 0.3) is 0 Å². The lowest BCUT2D eigenvalue weighted by molar-refractivity contribution is 0.129. The number of benzene rings is 1. The van der Waals surface area contributed by atoms with Crippen molar-refractivity contribution in [2.24, 2.45) is 15.9 Å². The number of rotatable bonds is 6. The van der Waals surface area contributed by atoms with Gasteiger partial charge in [0.05, 0.1) is 42.9 Å². The second-order valence-electron chi connectivity index (χ2n) is 7.79. The summed E-state index contributed by atoms with van der Waals surface area (Å²) in [5.74, 6) is 4.63. The molecule has 0 aliphatic carbocycles. The van der Waals surface area contributed by atoms with Gasteiger partial charge in [-0.2, -0.15) is 15.6 Å². The molecule has 2 aliphatic heterocycles. The normalized spacial score (nSPS) is 19.3. The Labute approximate surface area is 194 Å². The molecule has 2 fully saturated rings. The summed E-state index contributed by atoms with van der Waals surface area (Å²) in [6.07, 6.45) is 2.70. The predicted molar refractivity (Wildman–Crippen MR) is 120 cm³/mol. The average molecular weight is 464 g/mol. The molecule has 13 heteroatoms. The highest BCUT2D eigenvalue weighted by Gasteiger charge is 2.34. The maximum atomic E-state index is 15.0. The molecule has 34 heavy (non-hydrogen) atoms. The number of halogens is 1. The lowest BCUT2D eigenvalue weighted by atomic mass is 10.0. The van der Waals surface area contributed by atoms with Crippen LogP contribution >= 0.6 is 0 Å². The quantitative estimate of drug-likeness (QED) is 0.379. The second-order valence-corrected chi connectivity index (χ2v) is 7.79. The Morgan fingerprint density at radius 1 is 1.35 bits per heavy atom. The summed E-state index contributed by atoms with van der Waals surface area (Å²) in [6.45, 7) is 1.50. The Morgan fingerprint density at radius 3 is 2.82 bits per heavy atom. The van der Waals surface area contributed by atoms with Crippen LogP contribution in [0.3, 0.4) is 0 Å². The molecular weight excluding hydrogens is 443 g/mol. The third-order valence-corrected chi connectivity index (χ3v) is 5.66. The van der Waals surface area contributed by atoms with E-state index in [1.54, 1.807) is 12.1 Å². The molecule has 3 heterocycles. The van der Waals surface area contributed by atoms with E-state index >= 15 is 0 Å². The molecule has 2 aliphatic rings. The van der Waals surface area contributed by atoms with Gasteiger partial charge in [0.15, 0.2) is 11.4 Å². The minimum Gasteiger partial charge on any atom is -0.442 e. The maximum absolute atomic E-state index is 15.0. The Balaban J connectivity index is 1.39. The molecule has 1 atom stereocenters. The van der Waals surface area contributed by atoms with Crippen LogP contribution in [-0.2, 0) is 11.3 Å². The fourth-order valence-corrected chi connectivity index (χ4v) is 4.01. The Morgan fingerprint density at radius 2 is 2.15 bits per heavy atom. The van der Waals surface area contributed by atoms with E-state index < -0.39 is 18.0 Å². The zero-order chi connectivity index (χ0) is 24.1. The van der Waals surface area contributed by atoms with Crippen LogP contribution in [0, 0.1) is 28.5 Å². The van der Waals surface area contributed by atoms with Gasteiger partial charge in [0.2, 0.25) is 0 Å². The topological polar surface area (TPSA) is 162 Å². The molecule has 1 amide bonds. The number of piperidine rings is 1. The Bertz CT molecular complexity index is 1200. The number of nitriles is 2. The van der Waals surface area contributed by atoms with Crippen molar-refractivity contribution in [1.82, 2.24) is 15.0 Å². The summed E-state index contributed by atoms with van der Waals surface area (Å²) in [6, 6.07) is 8.47. The lowest BCUT2D eigenvalue weighted by Crippen LogP contribution is -2.36. The summed E-state index contributed by atoms with van der Waals surface area (Å²) < 4.78 is 21.7. The zero-order valence-electron chi connectivity index (χ0n) is 18.1. The summed E-state index contributed by atoms with van der Waals surface area (Å²) in [5.41, 5.74) is 1.24. The second kappa shape index (κ2) is 9.95. The molecule has 1 aromatic heterocycles. The number of carbonyl (C=O) groups is 1. The number of nitrogens with two attached hydrogens (primary N) is 1. The van der Waals surface area contributed by atoms with E-state index in [1.807, 2.05) is 17.0 Å². The predicted octanol–water partition coefficient (Wildman–Crippen LogP) is 1.19. The number of aromatic nitrogens is 3. The summed E-state index contributed by atoms with van der Waals surface area (Å²) in [4.78, 5) is 20.0. The van der Waals surface area contributed by atoms with E-state index in [1.165, 1.54) is 28.1 Å². The lowest BCUT2D eigenvalue weighted by Gasteiger charge is -2.32. The van der Waals surface area contributed by atoms with Gasteiger partial charge < -0.3 is 15.5 Å². The number of nitrogens with zero attached hydrogens (tertiary/aromatic N) is 9. The number of ether oxygens (including phenoxy) is 1. The summed E-state index contributed by atoms with van der Waals surface area (Å²) in [5, 5.41) is 28.9. The van der Waals surface area contributed by atoms with Crippen molar-refractivity contribution in [2.45, 2.75) is 31.5 Å². The number of carbonyl (C=O) groups excluding carboxylic acids is 1. The fourth-order valence-electron chi connectivity index (χ4n) is 4.01. The minimum absolute atomic E-state index is 0.0610. The third-order valence-electron chi connectivity index (χ3n) is 5.66. The number of cyclic esters (lactones) is 1. The van der Waals surface area contributed by atoms with Crippen molar-refractivity contribution < 1.29 is 13.9 Å². The SMILES string of the molecule is N#CC(C=NN)=NC1CCN(c2ccc(N3C[C@H](Cn4nncc4C#N)OC3=O)cc2F)CC1. The third kappa shape index (κ3) is 4.78. The summed E-state index contributed by atoms with van der Waals surface area (Å²) >= 11 is 0. The standard InChI is InChI=1S/C21H21FN10O2/c22-19-7-16(31-12-18(34-21(31)33)13-32-17(9-24)11-27-29-32)1-2-20(19)30-5-3-14(4-6-30)28-15(8-23)10-26-25/h1-2,7,10-11,14,18H,3-6,12-13,25H2/t18-/m1/s1. The van der Waals surface area contributed by atoms with E-state index in [0.717, 1.165) is 0 Å². The van der Waals surface area contributed by atoms with Crippen molar-refractivity contribution in [3.63, 3.8) is 0 Å². The Kier molecular flexibility index (Phi) is 6.64. The number of aliphatic imine (C=N–C) groups is 1. The molecule has 12 nitrogen and oxygen atoms in total. The molecule has 2 aromatic rings. The van der Waals surface area contributed by atoms with Crippen molar-refractivity contribution in [3.05, 3.63) is 35.9 Å². The molecule has 0 unspecified atom stereocenters. The molecule has 1 aromatic carbocycles. The minimum atomic E-state index is -0.594. The first-order chi connectivity index (χ1) is 16.5. The van der Waals surface area contributed by atoms with Crippen LogP contribution < -0.4 is 15.6 Å². The number of anilines is 2. The highest BCUT2D eigenvalue weighted by Crippen LogP contribution is 2.30. The molecule has 0 saturated carbocycles. The largest absolute Gasteiger partial charge is 0.442 e. The molecule has 0 bridgehead atoms. The van der Waals surface area contributed by atoms with Crippen molar-refractivity contribution in [3.8, 4) is 12.1 Å². The first kappa shape index (κ1) is 22.7. The van der Waals surface area contributed by atoms with Crippen LogP contribution in [-0.4, -0.2) is 64.8 Å². The van der Waals surface area contributed by atoms with Crippen LogP contribution in [0.5, 0.6) is 0 Å². The van der Waals surface area contributed by atoms with Crippen LogP contribution in [0.2, 0.25) is 0 Å². The van der Waals surface area contributed by atoms with Crippen LogP contribution in [0.4, 0.5) is 20.6 Å². The zero-order valence-corrected chi connectivity index (χ0v) is 18.1. The summed E-state index contributed by atoms with van der Waals surface area (Å²) in [7, 11) is 0. The van der Waals surface area contributed by atoms with Gasteiger partial charge in [-0.15, -0.1) is 5.10 Å². The van der Waals surface area contributed by atoms with Crippen molar-refractivity contribution in [2.75, 3.05) is 29.4 Å². The highest BCUT2D eigenvalue weighted by molar-refractivity contribution is 6.37. The number of hydrazone groups is 1. The Hall–Kier alpha value is -4.52. The molecule has 2 N–H and O–H groups in total. The molecule has 4 rings (SSSR count). The average Bonchev–Trinajstić information content (AvgIpc) is 3.45. The van der Waals surface area contributed by atoms with E-state index in [-0.39, 0.29) is 30.5 Å².